The third kappa shape index (κ3) is 2.84. The van der Waals surface area contributed by atoms with Gasteiger partial charge in [-0.1, -0.05) is 22.0 Å². The summed E-state index contributed by atoms with van der Waals surface area (Å²) in [5.74, 6) is 0. The summed E-state index contributed by atoms with van der Waals surface area (Å²) >= 11 is 3.52. The van der Waals surface area contributed by atoms with Crippen LogP contribution in [0.15, 0.2) is 22.7 Å². The lowest BCUT2D eigenvalue weighted by atomic mass is 10.1. The number of halogens is 1. The van der Waals surface area contributed by atoms with Crippen molar-refractivity contribution in [2.24, 2.45) is 0 Å². The van der Waals surface area contributed by atoms with Crippen LogP contribution in [0.4, 0.5) is 0 Å². The van der Waals surface area contributed by atoms with Gasteiger partial charge < -0.3 is 10.1 Å². The van der Waals surface area contributed by atoms with Gasteiger partial charge in [0.05, 0.1) is 0 Å². The molecule has 0 aliphatic heterocycles. The van der Waals surface area contributed by atoms with E-state index in [4.69, 9.17) is 4.74 Å². The summed E-state index contributed by atoms with van der Waals surface area (Å²) in [5.41, 5.74) is 2.96. The van der Waals surface area contributed by atoms with Crippen molar-refractivity contribution in [2.45, 2.75) is 25.3 Å². The van der Waals surface area contributed by atoms with Crippen LogP contribution in [0.5, 0.6) is 0 Å². The number of hydrogen-bond acceptors (Lipinski definition) is 2. The van der Waals surface area contributed by atoms with Gasteiger partial charge >= 0.3 is 0 Å². The second-order valence-corrected chi connectivity index (χ2v) is 5.15. The van der Waals surface area contributed by atoms with Gasteiger partial charge in [0.25, 0.3) is 0 Å². The highest BCUT2D eigenvalue weighted by atomic mass is 79.9. The molecular formula is C13H18BrNO. The fourth-order valence-corrected chi connectivity index (χ4v) is 2.70. The normalized spacial score (nSPS) is 18.8. The van der Waals surface area contributed by atoms with Crippen molar-refractivity contribution in [1.29, 1.82) is 0 Å². The van der Waals surface area contributed by atoms with Gasteiger partial charge in [0.2, 0.25) is 0 Å². The van der Waals surface area contributed by atoms with E-state index in [1.54, 1.807) is 7.11 Å². The van der Waals surface area contributed by atoms with Gasteiger partial charge in [-0.2, -0.15) is 0 Å². The Bertz CT molecular complexity index is 354. The highest BCUT2D eigenvalue weighted by Crippen LogP contribution is 2.32. The average Bonchev–Trinajstić information content (AvgIpc) is 2.67. The minimum Gasteiger partial charge on any atom is -0.385 e. The molecule has 1 aliphatic carbocycles. The summed E-state index contributed by atoms with van der Waals surface area (Å²) in [6.45, 7) is 1.88. The number of rotatable bonds is 5. The maximum atomic E-state index is 5.05. The van der Waals surface area contributed by atoms with Gasteiger partial charge in [-0.25, -0.2) is 0 Å². The smallest absolute Gasteiger partial charge is 0.0474 e. The molecule has 0 aromatic heterocycles. The van der Waals surface area contributed by atoms with Crippen LogP contribution in [0, 0.1) is 0 Å². The number of fused-ring (bicyclic) bond motifs is 1. The first-order chi connectivity index (χ1) is 7.81. The van der Waals surface area contributed by atoms with E-state index in [1.165, 1.54) is 28.4 Å². The molecule has 1 unspecified atom stereocenters. The van der Waals surface area contributed by atoms with Crippen LogP contribution in [0.1, 0.15) is 30.0 Å². The number of hydrogen-bond donors (Lipinski definition) is 1. The maximum absolute atomic E-state index is 5.05. The van der Waals surface area contributed by atoms with Crippen molar-refractivity contribution in [3.05, 3.63) is 33.8 Å². The molecule has 1 N–H and O–H groups in total. The number of ether oxygens (including phenoxy) is 1. The average molecular weight is 284 g/mol. The van der Waals surface area contributed by atoms with Crippen molar-refractivity contribution in [1.82, 2.24) is 5.32 Å². The molecule has 16 heavy (non-hydrogen) atoms. The quantitative estimate of drug-likeness (QED) is 0.839. The second-order valence-electron chi connectivity index (χ2n) is 4.23. The number of benzene rings is 1. The zero-order valence-corrected chi connectivity index (χ0v) is 11.2. The van der Waals surface area contributed by atoms with E-state index >= 15 is 0 Å². The summed E-state index contributed by atoms with van der Waals surface area (Å²) in [6, 6.07) is 7.15. The van der Waals surface area contributed by atoms with Gasteiger partial charge in [0, 0.05) is 24.2 Å². The van der Waals surface area contributed by atoms with Crippen LogP contribution in [0.2, 0.25) is 0 Å². The molecule has 0 fully saturated rings. The van der Waals surface area contributed by atoms with Gasteiger partial charge in [-0.15, -0.1) is 0 Å². The molecule has 3 heteroatoms. The molecule has 0 radical (unpaired) electrons. The molecule has 1 atom stereocenters. The Labute approximate surface area is 106 Å². The van der Waals surface area contributed by atoms with E-state index in [0.29, 0.717) is 6.04 Å². The topological polar surface area (TPSA) is 21.3 Å². The molecule has 0 amide bonds. The van der Waals surface area contributed by atoms with Crippen LogP contribution >= 0.6 is 15.9 Å². The maximum Gasteiger partial charge on any atom is 0.0474 e. The number of methoxy groups -OCH3 is 1. The number of aryl methyl sites for hydroxylation is 1. The molecule has 0 bridgehead atoms. The Hall–Kier alpha value is -0.380. The fourth-order valence-electron chi connectivity index (χ4n) is 2.29. The first-order valence-corrected chi connectivity index (χ1v) is 6.61. The highest BCUT2D eigenvalue weighted by molar-refractivity contribution is 9.10. The minimum absolute atomic E-state index is 0.542. The van der Waals surface area contributed by atoms with Crippen LogP contribution in [0.3, 0.4) is 0 Å². The van der Waals surface area contributed by atoms with Gasteiger partial charge in [0.15, 0.2) is 0 Å². The van der Waals surface area contributed by atoms with Crippen LogP contribution in [-0.4, -0.2) is 20.3 Å². The Morgan fingerprint density at radius 3 is 3.19 bits per heavy atom. The lowest BCUT2D eigenvalue weighted by Crippen LogP contribution is -2.21. The summed E-state index contributed by atoms with van der Waals surface area (Å²) < 4.78 is 6.23. The van der Waals surface area contributed by atoms with Crippen LogP contribution < -0.4 is 5.32 Å². The first kappa shape index (κ1) is 12.1. The molecular weight excluding hydrogens is 266 g/mol. The van der Waals surface area contributed by atoms with E-state index in [9.17, 15) is 0 Å². The predicted octanol–water partition coefficient (Wildman–Crippen LogP) is 3.06. The Balaban J connectivity index is 1.91. The molecule has 1 aromatic carbocycles. The summed E-state index contributed by atoms with van der Waals surface area (Å²) in [5, 5.41) is 3.60. The molecule has 88 valence electrons. The molecule has 2 rings (SSSR count). The zero-order valence-electron chi connectivity index (χ0n) is 9.63. The predicted molar refractivity (Wildman–Crippen MR) is 69.7 cm³/mol. The lowest BCUT2D eigenvalue weighted by Gasteiger charge is -2.13. The van der Waals surface area contributed by atoms with Crippen molar-refractivity contribution >= 4 is 15.9 Å². The third-order valence-corrected chi connectivity index (χ3v) is 3.59. The molecule has 1 aromatic rings. The van der Waals surface area contributed by atoms with Gasteiger partial charge in [-0.05, 0) is 49.1 Å². The molecule has 0 spiro atoms. The monoisotopic (exact) mass is 283 g/mol. The van der Waals surface area contributed by atoms with Crippen LogP contribution in [-0.2, 0) is 11.2 Å². The Morgan fingerprint density at radius 1 is 1.50 bits per heavy atom. The zero-order chi connectivity index (χ0) is 11.4. The molecule has 1 aliphatic rings. The van der Waals surface area contributed by atoms with E-state index in [2.05, 4.69) is 39.4 Å². The molecule has 0 saturated carbocycles. The Kier molecular flexibility index (Phi) is 4.38. The van der Waals surface area contributed by atoms with E-state index in [-0.39, 0.29) is 0 Å². The first-order valence-electron chi connectivity index (χ1n) is 5.82. The molecule has 0 heterocycles. The largest absolute Gasteiger partial charge is 0.385 e. The summed E-state index contributed by atoms with van der Waals surface area (Å²) in [6.07, 6.45) is 3.49. The van der Waals surface area contributed by atoms with Crippen molar-refractivity contribution in [2.75, 3.05) is 20.3 Å². The Morgan fingerprint density at radius 2 is 2.38 bits per heavy atom. The standard InChI is InChI=1S/C13H18BrNO/c1-16-8-2-7-15-13-6-3-10-9-11(14)4-5-12(10)13/h4-5,9,13,15H,2-3,6-8H2,1H3. The van der Waals surface area contributed by atoms with Crippen LogP contribution in [0.25, 0.3) is 0 Å². The van der Waals surface area contributed by atoms with Crippen molar-refractivity contribution in [3.8, 4) is 0 Å². The van der Waals surface area contributed by atoms with E-state index in [1.807, 2.05) is 0 Å². The van der Waals surface area contributed by atoms with Gasteiger partial charge in [0.1, 0.15) is 0 Å². The van der Waals surface area contributed by atoms with Gasteiger partial charge in [-0.3, -0.25) is 0 Å². The SMILES string of the molecule is COCCCNC1CCc2cc(Br)ccc21. The third-order valence-electron chi connectivity index (χ3n) is 3.10. The lowest BCUT2D eigenvalue weighted by molar-refractivity contribution is 0.193. The molecule has 0 saturated heterocycles. The summed E-state index contributed by atoms with van der Waals surface area (Å²) in [4.78, 5) is 0. The number of nitrogens with one attached hydrogen (secondary N) is 1. The van der Waals surface area contributed by atoms with Crippen molar-refractivity contribution in [3.63, 3.8) is 0 Å². The van der Waals surface area contributed by atoms with Crippen molar-refractivity contribution < 1.29 is 4.74 Å². The molecule has 2 nitrogen and oxygen atoms in total. The van der Waals surface area contributed by atoms with E-state index in [0.717, 1.165) is 19.6 Å². The highest BCUT2D eigenvalue weighted by Gasteiger charge is 2.21. The van der Waals surface area contributed by atoms with E-state index < -0.39 is 0 Å². The minimum atomic E-state index is 0.542. The second kappa shape index (κ2) is 5.80. The fraction of sp³-hybridized carbons (Fsp3) is 0.538. The summed E-state index contributed by atoms with van der Waals surface area (Å²) in [7, 11) is 1.75.